The lowest BCUT2D eigenvalue weighted by atomic mass is 9.97. The third kappa shape index (κ3) is 4.09. The van der Waals surface area contributed by atoms with Gasteiger partial charge in [-0.05, 0) is 72.6 Å². The SMILES string of the molecule is Nc1cc2cc(-c3cccc(C(=O)NCC4CCNCC4)c3)ccc2cn1. The molecule has 138 valence electrons. The van der Waals surface area contributed by atoms with E-state index in [1.807, 2.05) is 42.5 Å². The van der Waals surface area contributed by atoms with Crippen molar-refractivity contribution in [2.75, 3.05) is 25.4 Å². The summed E-state index contributed by atoms with van der Waals surface area (Å²) in [5.41, 5.74) is 8.57. The molecular formula is C22H24N4O. The molecule has 2 aromatic carbocycles. The minimum Gasteiger partial charge on any atom is -0.384 e. The van der Waals surface area contributed by atoms with Crippen molar-refractivity contribution in [3.05, 3.63) is 60.3 Å². The number of nitrogens with two attached hydrogens (primary N) is 1. The van der Waals surface area contributed by atoms with Crippen LogP contribution in [0.2, 0.25) is 0 Å². The van der Waals surface area contributed by atoms with Gasteiger partial charge in [-0.15, -0.1) is 0 Å². The molecule has 0 saturated carbocycles. The van der Waals surface area contributed by atoms with Crippen LogP contribution in [-0.4, -0.2) is 30.5 Å². The zero-order valence-electron chi connectivity index (χ0n) is 15.2. The molecule has 0 bridgehead atoms. The van der Waals surface area contributed by atoms with E-state index >= 15 is 0 Å². The van der Waals surface area contributed by atoms with Crippen LogP contribution in [0, 0.1) is 5.92 Å². The molecule has 1 amide bonds. The first-order valence-electron chi connectivity index (χ1n) is 9.44. The molecule has 0 spiro atoms. The van der Waals surface area contributed by atoms with Crippen molar-refractivity contribution < 1.29 is 4.79 Å². The number of piperidine rings is 1. The fourth-order valence-electron chi connectivity index (χ4n) is 3.60. The van der Waals surface area contributed by atoms with Crippen LogP contribution in [0.25, 0.3) is 21.9 Å². The van der Waals surface area contributed by atoms with Crippen molar-refractivity contribution in [3.8, 4) is 11.1 Å². The zero-order chi connectivity index (χ0) is 18.6. The van der Waals surface area contributed by atoms with Gasteiger partial charge in [-0.1, -0.05) is 24.3 Å². The Labute approximate surface area is 159 Å². The molecule has 0 atom stereocenters. The molecule has 2 heterocycles. The highest BCUT2D eigenvalue weighted by molar-refractivity contribution is 5.96. The quantitative estimate of drug-likeness (QED) is 0.667. The summed E-state index contributed by atoms with van der Waals surface area (Å²) >= 11 is 0. The number of benzene rings is 2. The van der Waals surface area contributed by atoms with E-state index in [1.54, 1.807) is 6.20 Å². The van der Waals surface area contributed by atoms with Gasteiger partial charge >= 0.3 is 0 Å². The Morgan fingerprint density at radius 3 is 2.74 bits per heavy atom. The number of amides is 1. The fourth-order valence-corrected chi connectivity index (χ4v) is 3.60. The summed E-state index contributed by atoms with van der Waals surface area (Å²) in [7, 11) is 0. The molecule has 27 heavy (non-hydrogen) atoms. The van der Waals surface area contributed by atoms with Crippen molar-refractivity contribution in [3.63, 3.8) is 0 Å². The number of aromatic nitrogens is 1. The van der Waals surface area contributed by atoms with E-state index in [9.17, 15) is 4.79 Å². The Morgan fingerprint density at radius 2 is 1.89 bits per heavy atom. The van der Waals surface area contributed by atoms with Gasteiger partial charge in [0, 0.05) is 23.7 Å². The van der Waals surface area contributed by atoms with Gasteiger partial charge < -0.3 is 16.4 Å². The summed E-state index contributed by atoms with van der Waals surface area (Å²) < 4.78 is 0. The molecule has 1 aromatic heterocycles. The van der Waals surface area contributed by atoms with Crippen LogP contribution in [0.15, 0.2) is 54.7 Å². The number of rotatable bonds is 4. The molecule has 0 aliphatic carbocycles. The number of pyridine rings is 1. The fraction of sp³-hybridized carbons (Fsp3) is 0.273. The van der Waals surface area contributed by atoms with E-state index in [1.165, 1.54) is 0 Å². The number of hydrogen-bond donors (Lipinski definition) is 3. The van der Waals surface area contributed by atoms with Crippen molar-refractivity contribution >= 4 is 22.5 Å². The van der Waals surface area contributed by atoms with E-state index in [0.717, 1.165) is 54.4 Å². The van der Waals surface area contributed by atoms with Gasteiger partial charge in [0.05, 0.1) is 0 Å². The minimum atomic E-state index is -0.00961. The number of carbonyl (C=O) groups is 1. The van der Waals surface area contributed by atoms with E-state index in [-0.39, 0.29) is 5.91 Å². The monoisotopic (exact) mass is 360 g/mol. The van der Waals surface area contributed by atoms with Gasteiger partial charge in [-0.2, -0.15) is 0 Å². The molecular weight excluding hydrogens is 336 g/mol. The molecule has 5 heteroatoms. The smallest absolute Gasteiger partial charge is 0.251 e. The topological polar surface area (TPSA) is 80.0 Å². The Balaban J connectivity index is 1.52. The number of nitrogens with one attached hydrogen (secondary N) is 2. The van der Waals surface area contributed by atoms with Crippen LogP contribution in [0.1, 0.15) is 23.2 Å². The average Bonchev–Trinajstić information content (AvgIpc) is 2.72. The second kappa shape index (κ2) is 7.76. The minimum absolute atomic E-state index is 0.00961. The molecule has 3 aromatic rings. The van der Waals surface area contributed by atoms with Crippen molar-refractivity contribution in [1.82, 2.24) is 15.6 Å². The molecule has 1 aliphatic rings. The number of anilines is 1. The molecule has 0 unspecified atom stereocenters. The second-order valence-electron chi connectivity index (χ2n) is 7.16. The standard InChI is InChI=1S/C22H24N4O/c23-21-12-20-11-17(4-5-19(20)14-25-21)16-2-1-3-18(10-16)22(27)26-13-15-6-8-24-9-7-15/h1-5,10-12,14-15,24H,6-9,13H2,(H2,23,25)(H,26,27). The Bertz CT molecular complexity index is 963. The van der Waals surface area contributed by atoms with E-state index < -0.39 is 0 Å². The molecule has 4 rings (SSSR count). The largest absolute Gasteiger partial charge is 0.384 e. The van der Waals surface area contributed by atoms with Gasteiger partial charge in [0.2, 0.25) is 0 Å². The van der Waals surface area contributed by atoms with Crippen LogP contribution < -0.4 is 16.4 Å². The summed E-state index contributed by atoms with van der Waals surface area (Å²) in [6, 6.07) is 15.8. The van der Waals surface area contributed by atoms with Gasteiger partial charge in [0.15, 0.2) is 0 Å². The van der Waals surface area contributed by atoms with E-state index in [2.05, 4.69) is 21.7 Å². The third-order valence-electron chi connectivity index (χ3n) is 5.21. The van der Waals surface area contributed by atoms with Gasteiger partial charge in [-0.3, -0.25) is 4.79 Å². The number of hydrogen-bond acceptors (Lipinski definition) is 4. The summed E-state index contributed by atoms with van der Waals surface area (Å²) in [5, 5.41) is 8.53. The molecule has 4 N–H and O–H groups in total. The van der Waals surface area contributed by atoms with Crippen molar-refractivity contribution in [2.24, 2.45) is 5.92 Å². The maximum absolute atomic E-state index is 12.6. The van der Waals surface area contributed by atoms with Gasteiger partial charge in [0.1, 0.15) is 5.82 Å². The lowest BCUT2D eigenvalue weighted by Gasteiger charge is -2.22. The number of nitrogen functional groups attached to an aromatic ring is 1. The predicted molar refractivity (Wildman–Crippen MR) is 110 cm³/mol. The second-order valence-corrected chi connectivity index (χ2v) is 7.16. The Kier molecular flexibility index (Phi) is 5.03. The van der Waals surface area contributed by atoms with Crippen LogP contribution in [0.4, 0.5) is 5.82 Å². The zero-order valence-corrected chi connectivity index (χ0v) is 15.2. The molecule has 5 nitrogen and oxygen atoms in total. The first-order chi connectivity index (χ1) is 13.2. The number of fused-ring (bicyclic) bond motifs is 1. The Morgan fingerprint density at radius 1 is 1.07 bits per heavy atom. The summed E-state index contributed by atoms with van der Waals surface area (Å²) in [5.74, 6) is 1.06. The lowest BCUT2D eigenvalue weighted by Crippen LogP contribution is -2.35. The van der Waals surface area contributed by atoms with Crippen LogP contribution in [-0.2, 0) is 0 Å². The van der Waals surface area contributed by atoms with Gasteiger partial charge in [-0.25, -0.2) is 4.98 Å². The molecule has 1 fully saturated rings. The third-order valence-corrected chi connectivity index (χ3v) is 5.21. The highest BCUT2D eigenvalue weighted by atomic mass is 16.1. The first kappa shape index (κ1) is 17.5. The van der Waals surface area contributed by atoms with Gasteiger partial charge in [0.25, 0.3) is 5.91 Å². The average molecular weight is 360 g/mol. The van der Waals surface area contributed by atoms with Crippen molar-refractivity contribution in [2.45, 2.75) is 12.8 Å². The molecule has 1 saturated heterocycles. The predicted octanol–water partition coefficient (Wildman–Crippen LogP) is 3.21. The first-order valence-corrected chi connectivity index (χ1v) is 9.44. The Hall–Kier alpha value is -2.92. The normalized spacial score (nSPS) is 15.0. The molecule has 1 aliphatic heterocycles. The van der Waals surface area contributed by atoms with Crippen molar-refractivity contribution in [1.29, 1.82) is 0 Å². The highest BCUT2D eigenvalue weighted by Gasteiger charge is 2.15. The highest BCUT2D eigenvalue weighted by Crippen LogP contribution is 2.25. The lowest BCUT2D eigenvalue weighted by molar-refractivity contribution is 0.0944. The summed E-state index contributed by atoms with van der Waals surface area (Å²) in [6.07, 6.45) is 4.02. The summed E-state index contributed by atoms with van der Waals surface area (Å²) in [6.45, 7) is 2.82. The van der Waals surface area contributed by atoms with E-state index in [4.69, 9.17) is 5.73 Å². The van der Waals surface area contributed by atoms with Crippen LogP contribution in [0.3, 0.4) is 0 Å². The van der Waals surface area contributed by atoms with E-state index in [0.29, 0.717) is 17.3 Å². The maximum atomic E-state index is 12.6. The van der Waals surface area contributed by atoms with Crippen LogP contribution in [0.5, 0.6) is 0 Å². The molecule has 0 radical (unpaired) electrons. The maximum Gasteiger partial charge on any atom is 0.251 e. The number of carbonyl (C=O) groups excluding carboxylic acids is 1. The van der Waals surface area contributed by atoms with Crippen LogP contribution >= 0.6 is 0 Å². The summed E-state index contributed by atoms with van der Waals surface area (Å²) in [4.78, 5) is 16.7. The number of nitrogens with zero attached hydrogens (tertiary/aromatic N) is 1.